The van der Waals surface area contributed by atoms with E-state index in [4.69, 9.17) is 0 Å². The molecular weight excluding hydrogens is 364 g/mol. The van der Waals surface area contributed by atoms with Gasteiger partial charge in [-0.05, 0) is 75.4 Å². The first-order chi connectivity index (χ1) is 11.7. The third-order valence-electron chi connectivity index (χ3n) is 4.34. The molecule has 0 aliphatic carbocycles. The highest BCUT2D eigenvalue weighted by Gasteiger charge is 2.26. The van der Waals surface area contributed by atoms with Gasteiger partial charge in [0.25, 0.3) is 5.91 Å². The molecule has 0 N–H and O–H groups in total. The molecule has 0 bridgehead atoms. The SMILES string of the molecule is O=C(c1ccccc1Br)N1CCc2cc(-c3ccncc3)ccc21. The Bertz CT molecular complexity index is 909. The van der Waals surface area contributed by atoms with Crippen LogP contribution in [0.4, 0.5) is 5.69 Å². The molecule has 1 amide bonds. The first-order valence-corrected chi connectivity index (χ1v) is 8.63. The third kappa shape index (κ3) is 2.63. The predicted octanol–water partition coefficient (Wildman–Crippen LogP) is 4.71. The summed E-state index contributed by atoms with van der Waals surface area (Å²) in [6, 6.07) is 17.9. The van der Waals surface area contributed by atoms with Crippen LogP contribution in [-0.2, 0) is 6.42 Å². The van der Waals surface area contributed by atoms with Gasteiger partial charge in [-0.15, -0.1) is 0 Å². The van der Waals surface area contributed by atoms with Gasteiger partial charge < -0.3 is 4.90 Å². The van der Waals surface area contributed by atoms with Gasteiger partial charge in [0.15, 0.2) is 0 Å². The van der Waals surface area contributed by atoms with Crippen molar-refractivity contribution >= 4 is 27.5 Å². The summed E-state index contributed by atoms with van der Waals surface area (Å²) in [6.07, 6.45) is 4.47. The first-order valence-electron chi connectivity index (χ1n) is 7.84. The lowest BCUT2D eigenvalue weighted by Gasteiger charge is -2.18. The Labute approximate surface area is 149 Å². The molecule has 4 rings (SSSR count). The smallest absolute Gasteiger partial charge is 0.259 e. The number of anilines is 1. The number of amides is 1. The van der Waals surface area contributed by atoms with Crippen molar-refractivity contribution in [2.45, 2.75) is 6.42 Å². The van der Waals surface area contributed by atoms with Crippen molar-refractivity contribution in [2.24, 2.45) is 0 Å². The second-order valence-electron chi connectivity index (χ2n) is 5.77. The zero-order valence-electron chi connectivity index (χ0n) is 12.9. The van der Waals surface area contributed by atoms with E-state index in [1.165, 1.54) is 5.56 Å². The number of halogens is 1. The average Bonchev–Trinajstić information content (AvgIpc) is 3.05. The number of aromatic nitrogens is 1. The maximum atomic E-state index is 12.9. The van der Waals surface area contributed by atoms with E-state index < -0.39 is 0 Å². The Morgan fingerprint density at radius 1 is 1.00 bits per heavy atom. The summed E-state index contributed by atoms with van der Waals surface area (Å²) < 4.78 is 0.830. The van der Waals surface area contributed by atoms with Crippen LogP contribution in [-0.4, -0.2) is 17.4 Å². The normalized spacial score (nSPS) is 13.0. The molecule has 1 aromatic heterocycles. The quantitative estimate of drug-likeness (QED) is 0.646. The number of carbonyl (C=O) groups excluding carboxylic acids is 1. The lowest BCUT2D eigenvalue weighted by atomic mass is 10.0. The number of hydrogen-bond donors (Lipinski definition) is 0. The zero-order valence-corrected chi connectivity index (χ0v) is 14.5. The lowest BCUT2D eigenvalue weighted by Crippen LogP contribution is -2.29. The van der Waals surface area contributed by atoms with Crippen molar-refractivity contribution in [3.05, 3.63) is 82.6 Å². The second kappa shape index (κ2) is 6.21. The molecule has 0 saturated heterocycles. The van der Waals surface area contributed by atoms with Crippen molar-refractivity contribution in [3.8, 4) is 11.1 Å². The highest BCUT2D eigenvalue weighted by atomic mass is 79.9. The van der Waals surface area contributed by atoms with Gasteiger partial charge in [0.2, 0.25) is 0 Å². The molecule has 0 atom stereocenters. The molecule has 2 aromatic carbocycles. The number of rotatable bonds is 2. The Kier molecular flexibility index (Phi) is 3.90. The molecule has 0 saturated carbocycles. The van der Waals surface area contributed by atoms with Crippen LogP contribution in [0, 0.1) is 0 Å². The van der Waals surface area contributed by atoms with Crippen LogP contribution < -0.4 is 4.90 Å². The zero-order chi connectivity index (χ0) is 16.5. The van der Waals surface area contributed by atoms with E-state index >= 15 is 0 Å². The summed E-state index contributed by atoms with van der Waals surface area (Å²) in [5.41, 5.74) is 5.22. The van der Waals surface area contributed by atoms with E-state index in [0.29, 0.717) is 5.56 Å². The van der Waals surface area contributed by atoms with E-state index in [-0.39, 0.29) is 5.91 Å². The summed E-state index contributed by atoms with van der Waals surface area (Å²) in [7, 11) is 0. The fourth-order valence-corrected chi connectivity index (χ4v) is 3.57. The van der Waals surface area contributed by atoms with Gasteiger partial charge >= 0.3 is 0 Å². The van der Waals surface area contributed by atoms with Crippen LogP contribution in [0.2, 0.25) is 0 Å². The summed E-state index contributed by atoms with van der Waals surface area (Å²) in [4.78, 5) is 18.8. The van der Waals surface area contributed by atoms with E-state index in [2.05, 4.69) is 33.0 Å². The van der Waals surface area contributed by atoms with Gasteiger partial charge in [0.1, 0.15) is 0 Å². The number of carbonyl (C=O) groups is 1. The van der Waals surface area contributed by atoms with E-state index in [1.807, 2.05) is 47.4 Å². The maximum absolute atomic E-state index is 12.9. The van der Waals surface area contributed by atoms with Crippen molar-refractivity contribution in [3.63, 3.8) is 0 Å². The van der Waals surface area contributed by atoms with Crippen LogP contribution in [0.1, 0.15) is 15.9 Å². The molecule has 1 aliphatic heterocycles. The Morgan fingerprint density at radius 2 is 1.79 bits per heavy atom. The van der Waals surface area contributed by atoms with E-state index in [1.54, 1.807) is 12.4 Å². The fraction of sp³-hybridized carbons (Fsp3) is 0.100. The molecule has 3 nitrogen and oxygen atoms in total. The Morgan fingerprint density at radius 3 is 2.58 bits per heavy atom. The summed E-state index contributed by atoms with van der Waals surface area (Å²) >= 11 is 3.47. The number of hydrogen-bond acceptors (Lipinski definition) is 2. The topological polar surface area (TPSA) is 33.2 Å². The molecular formula is C20H15BrN2O. The van der Waals surface area contributed by atoms with Gasteiger partial charge in [0.05, 0.1) is 5.56 Å². The molecule has 118 valence electrons. The Hall–Kier alpha value is -2.46. The van der Waals surface area contributed by atoms with Crippen molar-refractivity contribution in [1.29, 1.82) is 0 Å². The highest BCUT2D eigenvalue weighted by molar-refractivity contribution is 9.10. The van der Waals surface area contributed by atoms with Crippen LogP contribution >= 0.6 is 15.9 Å². The van der Waals surface area contributed by atoms with Crippen molar-refractivity contribution in [2.75, 3.05) is 11.4 Å². The van der Waals surface area contributed by atoms with Gasteiger partial charge in [0, 0.05) is 29.1 Å². The molecule has 0 unspecified atom stereocenters. The lowest BCUT2D eigenvalue weighted by molar-refractivity contribution is 0.0988. The van der Waals surface area contributed by atoms with Gasteiger partial charge in [-0.1, -0.05) is 18.2 Å². The number of benzene rings is 2. The minimum absolute atomic E-state index is 0.0397. The highest BCUT2D eigenvalue weighted by Crippen LogP contribution is 2.33. The molecule has 4 heteroatoms. The minimum atomic E-state index is 0.0397. The maximum Gasteiger partial charge on any atom is 0.259 e. The van der Waals surface area contributed by atoms with Crippen LogP contribution in [0.15, 0.2) is 71.5 Å². The molecule has 3 aromatic rings. The summed E-state index contributed by atoms with van der Waals surface area (Å²) in [5, 5.41) is 0. The first kappa shape index (κ1) is 15.1. The molecule has 0 fully saturated rings. The van der Waals surface area contributed by atoms with E-state index in [0.717, 1.165) is 34.3 Å². The molecule has 0 radical (unpaired) electrons. The number of pyridine rings is 1. The monoisotopic (exact) mass is 378 g/mol. The average molecular weight is 379 g/mol. The van der Waals surface area contributed by atoms with Crippen LogP contribution in [0.5, 0.6) is 0 Å². The summed E-state index contributed by atoms with van der Waals surface area (Å²) in [6.45, 7) is 0.718. The van der Waals surface area contributed by atoms with Gasteiger partial charge in [-0.3, -0.25) is 9.78 Å². The fourth-order valence-electron chi connectivity index (χ4n) is 3.12. The molecule has 24 heavy (non-hydrogen) atoms. The van der Waals surface area contributed by atoms with Crippen LogP contribution in [0.3, 0.4) is 0 Å². The largest absolute Gasteiger partial charge is 0.308 e. The van der Waals surface area contributed by atoms with Crippen molar-refractivity contribution in [1.82, 2.24) is 4.98 Å². The molecule has 2 heterocycles. The van der Waals surface area contributed by atoms with Gasteiger partial charge in [-0.25, -0.2) is 0 Å². The standard InChI is InChI=1S/C20H15BrN2O/c21-18-4-2-1-3-17(18)20(24)23-12-9-16-13-15(5-6-19(16)23)14-7-10-22-11-8-14/h1-8,10-11,13H,9,12H2. The van der Waals surface area contributed by atoms with E-state index in [9.17, 15) is 4.79 Å². The third-order valence-corrected chi connectivity index (χ3v) is 5.03. The molecule has 0 spiro atoms. The summed E-state index contributed by atoms with van der Waals surface area (Å²) in [5.74, 6) is 0.0397. The second-order valence-corrected chi connectivity index (χ2v) is 6.62. The number of nitrogens with zero attached hydrogens (tertiary/aromatic N) is 2. The van der Waals surface area contributed by atoms with Crippen molar-refractivity contribution < 1.29 is 4.79 Å². The Balaban J connectivity index is 1.68. The molecule has 1 aliphatic rings. The predicted molar refractivity (Wildman–Crippen MR) is 99.2 cm³/mol. The minimum Gasteiger partial charge on any atom is -0.308 e. The number of fused-ring (bicyclic) bond motifs is 1. The van der Waals surface area contributed by atoms with Crippen LogP contribution in [0.25, 0.3) is 11.1 Å². The van der Waals surface area contributed by atoms with Gasteiger partial charge in [-0.2, -0.15) is 0 Å².